The van der Waals surface area contributed by atoms with Crippen molar-refractivity contribution in [3.05, 3.63) is 28.7 Å². The summed E-state index contributed by atoms with van der Waals surface area (Å²) in [6.07, 6.45) is 0.296. The number of amides is 2. The van der Waals surface area contributed by atoms with E-state index in [1.54, 1.807) is 12.1 Å². The number of anilines is 1. The van der Waals surface area contributed by atoms with Crippen LogP contribution in [0, 0.1) is 0 Å². The summed E-state index contributed by atoms with van der Waals surface area (Å²) < 4.78 is 6.24. The van der Waals surface area contributed by atoms with Crippen LogP contribution in [-0.4, -0.2) is 44.2 Å². The highest BCUT2D eigenvalue weighted by molar-refractivity contribution is 9.10. The van der Waals surface area contributed by atoms with E-state index in [9.17, 15) is 9.59 Å². The molecule has 20 heavy (non-hydrogen) atoms. The molecule has 0 radical (unpaired) electrons. The number of hydrogen-bond donors (Lipinski definition) is 1. The first-order valence-electron chi connectivity index (χ1n) is 6.71. The van der Waals surface area contributed by atoms with Gasteiger partial charge in [-0.3, -0.25) is 9.59 Å². The third-order valence-electron chi connectivity index (χ3n) is 3.86. The Morgan fingerprint density at radius 2 is 1.80 bits per heavy atom. The molecule has 6 heteroatoms. The van der Waals surface area contributed by atoms with Gasteiger partial charge in [0.2, 0.25) is 5.91 Å². The number of carbonyl (C=O) groups is 2. The second kappa shape index (κ2) is 5.63. The zero-order chi connectivity index (χ0) is 14.1. The molecular formula is C14H16BrN2O3+. The molecule has 1 aromatic rings. The summed E-state index contributed by atoms with van der Waals surface area (Å²) in [6, 6.07) is 7.00. The highest BCUT2D eigenvalue weighted by Crippen LogP contribution is 2.23. The molecular weight excluding hydrogens is 324 g/mol. The van der Waals surface area contributed by atoms with Gasteiger partial charge in [0.25, 0.3) is 5.91 Å². The molecule has 2 heterocycles. The number of hydrogen-bond acceptors (Lipinski definition) is 3. The summed E-state index contributed by atoms with van der Waals surface area (Å²) in [6.45, 7) is 2.90. The van der Waals surface area contributed by atoms with Gasteiger partial charge in [-0.15, -0.1) is 0 Å². The minimum Gasteiger partial charge on any atom is -0.370 e. The average molecular weight is 340 g/mol. The number of imide groups is 1. The highest BCUT2D eigenvalue weighted by Gasteiger charge is 2.45. The standard InChI is InChI=1S/C14H15BrN2O3/c15-10-1-3-11(4-2-10)17-13(18)9-12(14(17)19)16-5-7-20-8-6-16/h1-4,12H,5-9H2/p+1/t12-/m0/s1. The molecule has 2 saturated heterocycles. The molecule has 3 rings (SSSR count). The molecule has 2 fully saturated rings. The molecule has 0 bridgehead atoms. The van der Waals surface area contributed by atoms with Crippen molar-refractivity contribution in [1.29, 1.82) is 0 Å². The maximum atomic E-state index is 12.5. The first-order chi connectivity index (χ1) is 9.66. The Balaban J connectivity index is 1.81. The molecule has 0 unspecified atom stereocenters. The third-order valence-corrected chi connectivity index (χ3v) is 4.39. The molecule has 0 saturated carbocycles. The number of carbonyl (C=O) groups excluding carboxylic acids is 2. The number of nitrogens with one attached hydrogen (secondary N) is 1. The summed E-state index contributed by atoms with van der Waals surface area (Å²) in [7, 11) is 0. The lowest BCUT2D eigenvalue weighted by atomic mass is 10.2. The summed E-state index contributed by atoms with van der Waals surface area (Å²) in [4.78, 5) is 27.2. The molecule has 2 amide bonds. The van der Waals surface area contributed by atoms with Crippen LogP contribution >= 0.6 is 15.9 Å². The van der Waals surface area contributed by atoms with Crippen LogP contribution in [0.2, 0.25) is 0 Å². The molecule has 1 aromatic carbocycles. The van der Waals surface area contributed by atoms with E-state index in [0.29, 0.717) is 25.3 Å². The zero-order valence-corrected chi connectivity index (χ0v) is 12.6. The minimum absolute atomic E-state index is 0.0887. The topological polar surface area (TPSA) is 51.1 Å². The predicted molar refractivity (Wildman–Crippen MR) is 76.6 cm³/mol. The first kappa shape index (κ1) is 13.7. The summed E-state index contributed by atoms with van der Waals surface area (Å²) in [5, 5.41) is 0. The lowest BCUT2D eigenvalue weighted by molar-refractivity contribution is -0.922. The van der Waals surface area contributed by atoms with Crippen molar-refractivity contribution in [2.75, 3.05) is 31.2 Å². The fraction of sp³-hybridized carbons (Fsp3) is 0.429. The van der Waals surface area contributed by atoms with E-state index in [1.165, 1.54) is 4.90 Å². The molecule has 1 atom stereocenters. The van der Waals surface area contributed by atoms with Crippen molar-refractivity contribution >= 4 is 33.4 Å². The fourth-order valence-electron chi connectivity index (χ4n) is 2.79. The van der Waals surface area contributed by atoms with Crippen LogP contribution in [-0.2, 0) is 14.3 Å². The van der Waals surface area contributed by atoms with E-state index < -0.39 is 0 Å². The van der Waals surface area contributed by atoms with E-state index in [1.807, 2.05) is 12.1 Å². The largest absolute Gasteiger partial charge is 0.370 e. The fourth-order valence-corrected chi connectivity index (χ4v) is 3.06. The predicted octanol–water partition coefficient (Wildman–Crippen LogP) is -0.00390. The minimum atomic E-state index is -0.255. The Bertz CT molecular complexity index is 526. The SMILES string of the molecule is O=C1C[C@H]([NH+]2CCOCC2)C(=O)N1c1ccc(Br)cc1. The molecule has 106 valence electrons. The first-order valence-corrected chi connectivity index (χ1v) is 7.51. The van der Waals surface area contributed by atoms with E-state index in [4.69, 9.17) is 4.74 Å². The van der Waals surface area contributed by atoms with Gasteiger partial charge in [-0.1, -0.05) is 15.9 Å². The van der Waals surface area contributed by atoms with Crippen molar-refractivity contribution < 1.29 is 19.2 Å². The van der Waals surface area contributed by atoms with Gasteiger partial charge in [0.15, 0.2) is 6.04 Å². The normalized spacial score (nSPS) is 24.4. The Morgan fingerprint density at radius 1 is 1.15 bits per heavy atom. The van der Waals surface area contributed by atoms with Gasteiger partial charge < -0.3 is 9.64 Å². The number of halogens is 1. The average Bonchev–Trinajstić information content (AvgIpc) is 2.76. The highest BCUT2D eigenvalue weighted by atomic mass is 79.9. The number of morpholine rings is 1. The molecule has 0 spiro atoms. The Labute approximate surface area is 125 Å². The van der Waals surface area contributed by atoms with Crippen LogP contribution in [0.3, 0.4) is 0 Å². The number of quaternary nitrogens is 1. The lowest BCUT2D eigenvalue weighted by Crippen LogP contribution is -3.18. The van der Waals surface area contributed by atoms with Crippen molar-refractivity contribution in [3.63, 3.8) is 0 Å². The molecule has 1 N–H and O–H groups in total. The van der Waals surface area contributed by atoms with Gasteiger partial charge in [-0.2, -0.15) is 0 Å². The molecule has 0 aliphatic carbocycles. The number of ether oxygens (including phenoxy) is 1. The van der Waals surface area contributed by atoms with Crippen LogP contribution in [0.4, 0.5) is 5.69 Å². The van der Waals surface area contributed by atoms with Crippen molar-refractivity contribution in [2.45, 2.75) is 12.5 Å². The maximum Gasteiger partial charge on any atom is 0.292 e. The molecule has 0 aromatic heterocycles. The lowest BCUT2D eigenvalue weighted by Gasteiger charge is -2.27. The second-order valence-corrected chi connectivity index (χ2v) is 5.99. The number of benzene rings is 1. The molecule has 5 nitrogen and oxygen atoms in total. The van der Waals surface area contributed by atoms with E-state index in [0.717, 1.165) is 22.5 Å². The summed E-state index contributed by atoms with van der Waals surface area (Å²) in [5.74, 6) is -0.199. The Kier molecular flexibility index (Phi) is 3.87. The maximum absolute atomic E-state index is 12.5. The van der Waals surface area contributed by atoms with Gasteiger partial charge >= 0.3 is 0 Å². The van der Waals surface area contributed by atoms with Crippen molar-refractivity contribution in [3.8, 4) is 0 Å². The van der Waals surface area contributed by atoms with E-state index in [-0.39, 0.29) is 17.9 Å². The van der Waals surface area contributed by atoms with Gasteiger partial charge in [0.05, 0.1) is 25.3 Å². The van der Waals surface area contributed by atoms with Crippen LogP contribution < -0.4 is 9.80 Å². The third kappa shape index (κ3) is 2.51. The van der Waals surface area contributed by atoms with Gasteiger partial charge in [0.1, 0.15) is 13.1 Å². The van der Waals surface area contributed by atoms with Crippen molar-refractivity contribution in [1.82, 2.24) is 0 Å². The van der Waals surface area contributed by atoms with Crippen LogP contribution in [0.5, 0.6) is 0 Å². The smallest absolute Gasteiger partial charge is 0.292 e. The number of rotatable bonds is 2. The van der Waals surface area contributed by atoms with Crippen LogP contribution in [0.25, 0.3) is 0 Å². The monoisotopic (exact) mass is 339 g/mol. The Morgan fingerprint density at radius 3 is 2.45 bits per heavy atom. The van der Waals surface area contributed by atoms with Gasteiger partial charge in [-0.05, 0) is 24.3 Å². The Hall–Kier alpha value is -1.24. The zero-order valence-electron chi connectivity index (χ0n) is 11.0. The molecule has 2 aliphatic heterocycles. The summed E-state index contributed by atoms with van der Waals surface area (Å²) >= 11 is 3.35. The van der Waals surface area contributed by atoms with Crippen molar-refractivity contribution in [2.24, 2.45) is 0 Å². The van der Waals surface area contributed by atoms with Crippen LogP contribution in [0.1, 0.15) is 6.42 Å². The number of nitrogens with zero attached hydrogens (tertiary/aromatic N) is 1. The van der Waals surface area contributed by atoms with Gasteiger partial charge in [0, 0.05) is 4.47 Å². The van der Waals surface area contributed by atoms with E-state index in [2.05, 4.69) is 15.9 Å². The van der Waals surface area contributed by atoms with Crippen LogP contribution in [0.15, 0.2) is 28.7 Å². The summed E-state index contributed by atoms with van der Waals surface area (Å²) in [5.41, 5.74) is 0.651. The quantitative estimate of drug-likeness (QED) is 0.771. The van der Waals surface area contributed by atoms with E-state index >= 15 is 0 Å². The van der Waals surface area contributed by atoms with Gasteiger partial charge in [-0.25, -0.2) is 4.90 Å². The second-order valence-electron chi connectivity index (χ2n) is 5.07. The molecule has 2 aliphatic rings.